The number of hydrogen-bond acceptors (Lipinski definition) is 4. The lowest BCUT2D eigenvalue weighted by atomic mass is 10.2. The first-order chi connectivity index (χ1) is 10.2. The maximum atomic E-state index is 12.1. The zero-order valence-electron chi connectivity index (χ0n) is 12.2. The molecule has 0 aliphatic carbocycles. The lowest BCUT2D eigenvalue weighted by Gasteiger charge is -2.19. The van der Waals surface area contributed by atoms with Crippen LogP contribution in [-0.2, 0) is 25.2 Å². The summed E-state index contributed by atoms with van der Waals surface area (Å²) >= 11 is 3.26. The topological polar surface area (TPSA) is 91.8 Å². The molecule has 6 nitrogen and oxygen atoms in total. The molecule has 0 saturated heterocycles. The van der Waals surface area contributed by atoms with Crippen molar-refractivity contribution < 1.29 is 23.1 Å². The fourth-order valence-corrected chi connectivity index (χ4v) is 3.73. The maximum absolute atomic E-state index is 12.1. The maximum Gasteiger partial charge on any atom is 0.323 e. The van der Waals surface area contributed by atoms with E-state index in [2.05, 4.69) is 15.9 Å². The van der Waals surface area contributed by atoms with Gasteiger partial charge in [-0.3, -0.25) is 9.59 Å². The van der Waals surface area contributed by atoms with Gasteiger partial charge in [-0.25, -0.2) is 8.42 Å². The van der Waals surface area contributed by atoms with E-state index in [0.717, 1.165) is 9.37 Å². The van der Waals surface area contributed by atoms with Crippen molar-refractivity contribution in [3.63, 3.8) is 0 Å². The third-order valence-corrected chi connectivity index (χ3v) is 4.74. The van der Waals surface area contributed by atoms with Gasteiger partial charge in [0.25, 0.3) is 0 Å². The minimum absolute atomic E-state index is 0.220. The number of rotatable bonds is 8. The van der Waals surface area contributed by atoms with E-state index >= 15 is 0 Å². The molecule has 1 rings (SSSR count). The Morgan fingerprint density at radius 3 is 2.55 bits per heavy atom. The van der Waals surface area contributed by atoms with Crippen LogP contribution in [0, 0.1) is 0 Å². The fourth-order valence-electron chi connectivity index (χ4n) is 1.94. The van der Waals surface area contributed by atoms with Gasteiger partial charge in [-0.1, -0.05) is 35.0 Å². The summed E-state index contributed by atoms with van der Waals surface area (Å²) in [4.78, 5) is 23.8. The van der Waals surface area contributed by atoms with Crippen LogP contribution in [0.5, 0.6) is 0 Å². The van der Waals surface area contributed by atoms with Crippen molar-refractivity contribution in [3.8, 4) is 0 Å². The summed E-state index contributed by atoms with van der Waals surface area (Å²) in [5.41, 5.74) is 0.572. The van der Waals surface area contributed by atoms with Gasteiger partial charge in [0.2, 0.25) is 5.91 Å². The van der Waals surface area contributed by atoms with Crippen molar-refractivity contribution in [3.05, 3.63) is 34.3 Å². The summed E-state index contributed by atoms with van der Waals surface area (Å²) < 4.78 is 25.0. The van der Waals surface area contributed by atoms with Crippen molar-refractivity contribution in [1.82, 2.24) is 4.90 Å². The van der Waals surface area contributed by atoms with Gasteiger partial charge in [0.15, 0.2) is 9.84 Å². The summed E-state index contributed by atoms with van der Waals surface area (Å²) in [6.45, 7) is 1.52. The molecule has 0 radical (unpaired) electrons. The molecule has 1 aromatic carbocycles. The molecule has 22 heavy (non-hydrogen) atoms. The number of carboxylic acids is 1. The molecule has 0 aliphatic rings. The zero-order valence-corrected chi connectivity index (χ0v) is 14.6. The number of carboxylic acid groups (broad SMARTS) is 1. The Morgan fingerprint density at radius 2 is 2.00 bits per heavy atom. The van der Waals surface area contributed by atoms with Crippen molar-refractivity contribution in [2.24, 2.45) is 0 Å². The van der Waals surface area contributed by atoms with Gasteiger partial charge in [0, 0.05) is 11.0 Å². The van der Waals surface area contributed by atoms with Gasteiger partial charge in [-0.15, -0.1) is 0 Å². The quantitative estimate of drug-likeness (QED) is 0.727. The van der Waals surface area contributed by atoms with Crippen LogP contribution in [0.25, 0.3) is 0 Å². The number of nitrogens with zero attached hydrogens (tertiary/aromatic N) is 1. The highest BCUT2D eigenvalue weighted by molar-refractivity contribution is 9.10. The Hall–Kier alpha value is -1.41. The summed E-state index contributed by atoms with van der Waals surface area (Å²) in [5.74, 6) is -2.79. The minimum Gasteiger partial charge on any atom is -0.480 e. The number of carbonyl (C=O) groups excluding carboxylic acids is 1. The number of benzene rings is 1. The minimum atomic E-state index is -3.65. The summed E-state index contributed by atoms with van der Waals surface area (Å²) in [6.07, 6.45) is 0.560. The number of hydrogen-bond donors (Lipinski definition) is 1. The van der Waals surface area contributed by atoms with Crippen LogP contribution >= 0.6 is 15.9 Å². The highest BCUT2D eigenvalue weighted by atomic mass is 79.9. The molecule has 0 atom stereocenters. The van der Waals surface area contributed by atoms with Gasteiger partial charge in [-0.2, -0.15) is 0 Å². The van der Waals surface area contributed by atoms with Crippen LogP contribution in [0.1, 0.15) is 18.9 Å². The summed E-state index contributed by atoms with van der Waals surface area (Å²) in [5, 5.41) is 8.77. The first-order valence-electron chi connectivity index (χ1n) is 6.68. The van der Waals surface area contributed by atoms with Crippen molar-refractivity contribution >= 4 is 37.6 Å². The molecule has 0 bridgehead atoms. The molecule has 1 N–H and O–H groups in total. The van der Waals surface area contributed by atoms with E-state index in [1.165, 1.54) is 0 Å². The second-order valence-electron chi connectivity index (χ2n) is 4.87. The number of halogens is 1. The smallest absolute Gasteiger partial charge is 0.323 e. The third-order valence-electron chi connectivity index (χ3n) is 2.79. The van der Waals surface area contributed by atoms with E-state index in [9.17, 15) is 18.0 Å². The molecule has 0 heterocycles. The number of amides is 1. The van der Waals surface area contributed by atoms with Gasteiger partial charge < -0.3 is 10.0 Å². The first kappa shape index (κ1) is 18.6. The third kappa shape index (κ3) is 6.57. The van der Waals surface area contributed by atoms with Gasteiger partial charge in [0.1, 0.15) is 12.3 Å². The predicted molar refractivity (Wildman–Crippen MR) is 86.1 cm³/mol. The van der Waals surface area contributed by atoms with Crippen molar-refractivity contribution in [2.45, 2.75) is 19.1 Å². The molecule has 0 saturated carbocycles. The Morgan fingerprint density at radius 1 is 1.32 bits per heavy atom. The highest BCUT2D eigenvalue weighted by Gasteiger charge is 2.23. The standard InChI is InChI=1S/C14H18BrNO5S/c1-2-6-16(8-14(18)19)13(17)10-22(20,21)9-11-4-3-5-12(15)7-11/h3-5,7H,2,6,8-10H2,1H3,(H,18,19). The molecule has 8 heteroatoms. The first-order valence-corrected chi connectivity index (χ1v) is 9.29. The van der Waals surface area contributed by atoms with E-state index in [4.69, 9.17) is 5.11 Å². The SMILES string of the molecule is CCCN(CC(=O)O)C(=O)CS(=O)(=O)Cc1cccc(Br)c1. The average molecular weight is 392 g/mol. The number of sulfone groups is 1. The van der Waals surface area contributed by atoms with E-state index in [0.29, 0.717) is 12.0 Å². The Bertz CT molecular complexity index is 644. The van der Waals surface area contributed by atoms with Crippen LogP contribution in [0.4, 0.5) is 0 Å². The molecule has 1 amide bonds. The lowest BCUT2D eigenvalue weighted by molar-refractivity contribution is -0.143. The van der Waals surface area contributed by atoms with Crippen LogP contribution in [0.2, 0.25) is 0 Å². The van der Waals surface area contributed by atoms with E-state index in [1.54, 1.807) is 31.2 Å². The molecular formula is C14H18BrNO5S. The molecular weight excluding hydrogens is 374 g/mol. The van der Waals surface area contributed by atoms with Crippen molar-refractivity contribution in [1.29, 1.82) is 0 Å². The van der Waals surface area contributed by atoms with E-state index in [1.807, 2.05) is 0 Å². The average Bonchev–Trinajstić information content (AvgIpc) is 2.36. The number of aliphatic carboxylic acids is 1. The van der Waals surface area contributed by atoms with Gasteiger partial charge in [-0.05, 0) is 24.1 Å². The Labute approximate surface area is 138 Å². The van der Waals surface area contributed by atoms with E-state index in [-0.39, 0.29) is 12.3 Å². The predicted octanol–water partition coefficient (Wildman–Crippen LogP) is 1.69. The molecule has 0 fully saturated rings. The monoisotopic (exact) mass is 391 g/mol. The molecule has 1 aromatic rings. The molecule has 0 spiro atoms. The molecule has 0 aliphatic heterocycles. The zero-order chi connectivity index (χ0) is 16.8. The lowest BCUT2D eigenvalue weighted by Crippen LogP contribution is -2.40. The van der Waals surface area contributed by atoms with Gasteiger partial charge >= 0.3 is 5.97 Å². The molecule has 122 valence electrons. The fraction of sp³-hybridized carbons (Fsp3) is 0.429. The Kier molecular flexibility index (Phi) is 7.02. The van der Waals surface area contributed by atoms with Crippen LogP contribution in [-0.4, -0.2) is 49.1 Å². The van der Waals surface area contributed by atoms with Crippen LogP contribution in [0.15, 0.2) is 28.7 Å². The molecule has 0 unspecified atom stereocenters. The van der Waals surface area contributed by atoms with Gasteiger partial charge in [0.05, 0.1) is 5.75 Å². The van der Waals surface area contributed by atoms with E-state index < -0.39 is 34.0 Å². The summed E-state index contributed by atoms with van der Waals surface area (Å²) in [6, 6.07) is 6.82. The highest BCUT2D eigenvalue weighted by Crippen LogP contribution is 2.14. The Balaban J connectivity index is 2.77. The number of carbonyl (C=O) groups is 2. The molecule has 0 aromatic heterocycles. The van der Waals surface area contributed by atoms with Crippen LogP contribution in [0.3, 0.4) is 0 Å². The second kappa shape index (κ2) is 8.28. The normalized spacial score (nSPS) is 11.2. The largest absolute Gasteiger partial charge is 0.480 e. The second-order valence-corrected chi connectivity index (χ2v) is 7.85. The summed E-state index contributed by atoms with van der Waals surface area (Å²) in [7, 11) is -3.65. The van der Waals surface area contributed by atoms with Crippen molar-refractivity contribution in [2.75, 3.05) is 18.8 Å². The van der Waals surface area contributed by atoms with Crippen LogP contribution < -0.4 is 0 Å².